The molecule has 5 nitrogen and oxygen atoms in total. The average molecular weight is 595 g/mol. The molecule has 0 saturated carbocycles. The smallest absolute Gasteiger partial charge is 0.261 e. The van der Waals surface area contributed by atoms with Crippen LogP contribution in [0.4, 0.5) is 0 Å². The molecule has 1 aliphatic rings. The lowest BCUT2D eigenvalue weighted by molar-refractivity contribution is -0.289. The standard InChI is InChI=1S/C36H54O5Si/c1-26(32(37)28(3)33(38)35(7,8)31-24-25-39-36(9,10)40-31)18-17-19-27(2)41-42(34(4,5)6,29-20-13-11-14-21-29)30-22-15-12-16-23-30/h11-16,18,20-23,27-28,31-32,37H,17,19,24-25H2,1-10H3/b26-18+/t27?,28?,31-,32-/m0/s1. The third-order valence-corrected chi connectivity index (χ3v) is 14.0. The summed E-state index contributed by atoms with van der Waals surface area (Å²) in [6.45, 7) is 20.9. The van der Waals surface area contributed by atoms with Crippen LogP contribution in [0.5, 0.6) is 0 Å². The lowest BCUT2D eigenvalue weighted by atomic mass is 9.73. The predicted molar refractivity (Wildman–Crippen MR) is 175 cm³/mol. The molecule has 3 rings (SSSR count). The molecule has 6 heteroatoms. The lowest BCUT2D eigenvalue weighted by Gasteiger charge is -2.44. The SMILES string of the molecule is C/C(=C\CCC(C)O[Si](c1ccccc1)(c1ccccc1)C(C)(C)C)[C@H](O)C(C)C(=O)C(C)(C)[C@@H]1CCOC(C)(C)O1. The number of aliphatic hydroxyl groups excluding tert-OH is 1. The molecular formula is C36H54O5Si. The molecule has 1 heterocycles. The Labute approximate surface area is 255 Å². The van der Waals surface area contributed by atoms with E-state index in [-0.39, 0.29) is 23.0 Å². The van der Waals surface area contributed by atoms with Crippen LogP contribution in [0.2, 0.25) is 5.04 Å². The monoisotopic (exact) mass is 594 g/mol. The third-order valence-electron chi connectivity index (χ3n) is 8.88. The van der Waals surface area contributed by atoms with Crippen LogP contribution in [-0.4, -0.2) is 49.9 Å². The van der Waals surface area contributed by atoms with E-state index >= 15 is 0 Å². The van der Waals surface area contributed by atoms with Crippen molar-refractivity contribution >= 4 is 24.5 Å². The molecule has 2 unspecified atom stereocenters. The number of aliphatic hydroxyl groups is 1. The van der Waals surface area contributed by atoms with Gasteiger partial charge in [0.05, 0.1) is 24.2 Å². The summed E-state index contributed by atoms with van der Waals surface area (Å²) in [6.07, 6.45) is 3.19. The molecule has 0 bridgehead atoms. The Hall–Kier alpha value is -2.09. The van der Waals surface area contributed by atoms with E-state index in [0.29, 0.717) is 13.0 Å². The number of hydrogen-bond acceptors (Lipinski definition) is 5. The average Bonchev–Trinajstić information content (AvgIpc) is 2.94. The molecule has 4 atom stereocenters. The van der Waals surface area contributed by atoms with Crippen molar-refractivity contribution in [3.05, 3.63) is 72.3 Å². The first kappa shape index (κ1) is 34.4. The number of benzene rings is 2. The molecule has 232 valence electrons. The zero-order chi connectivity index (χ0) is 31.3. The Morgan fingerprint density at radius 3 is 2.02 bits per heavy atom. The van der Waals surface area contributed by atoms with Crippen LogP contribution in [0.3, 0.4) is 0 Å². The van der Waals surface area contributed by atoms with Gasteiger partial charge in [-0.25, -0.2) is 0 Å². The van der Waals surface area contributed by atoms with Gasteiger partial charge in [0.1, 0.15) is 5.78 Å². The van der Waals surface area contributed by atoms with Crippen LogP contribution >= 0.6 is 0 Å². The summed E-state index contributed by atoms with van der Waals surface area (Å²) < 4.78 is 19.0. The second kappa shape index (κ2) is 13.7. The molecule has 1 fully saturated rings. The summed E-state index contributed by atoms with van der Waals surface area (Å²) in [7, 11) is -2.63. The van der Waals surface area contributed by atoms with Gasteiger partial charge >= 0.3 is 0 Å². The zero-order valence-corrected chi connectivity index (χ0v) is 28.6. The van der Waals surface area contributed by atoms with Crippen molar-refractivity contribution in [2.45, 2.75) is 118 Å². The van der Waals surface area contributed by atoms with E-state index in [1.807, 2.05) is 41.5 Å². The fraction of sp³-hybridized carbons (Fsp3) is 0.583. The molecule has 2 aromatic rings. The second-order valence-electron chi connectivity index (χ2n) is 14.1. The minimum atomic E-state index is -2.63. The summed E-state index contributed by atoms with van der Waals surface area (Å²) in [5, 5.41) is 13.6. The van der Waals surface area contributed by atoms with Crippen LogP contribution in [0.1, 0.15) is 88.5 Å². The topological polar surface area (TPSA) is 65.0 Å². The Morgan fingerprint density at radius 2 is 1.55 bits per heavy atom. The van der Waals surface area contributed by atoms with Gasteiger partial charge in [0.2, 0.25) is 0 Å². The van der Waals surface area contributed by atoms with Crippen molar-refractivity contribution in [1.29, 1.82) is 0 Å². The zero-order valence-electron chi connectivity index (χ0n) is 27.6. The fourth-order valence-corrected chi connectivity index (χ4v) is 11.1. The lowest BCUT2D eigenvalue weighted by Crippen LogP contribution is -2.67. The van der Waals surface area contributed by atoms with Crippen molar-refractivity contribution in [3.8, 4) is 0 Å². The normalized spacial score (nSPS) is 20.5. The Bertz CT molecular complexity index is 1140. The number of hydrogen-bond donors (Lipinski definition) is 1. The van der Waals surface area contributed by atoms with E-state index in [1.165, 1.54) is 10.4 Å². The summed E-state index contributed by atoms with van der Waals surface area (Å²) in [5.74, 6) is -1.25. The number of carbonyl (C=O) groups is 1. The van der Waals surface area contributed by atoms with Gasteiger partial charge < -0.3 is 19.0 Å². The maximum Gasteiger partial charge on any atom is 0.261 e. The number of ketones is 1. The van der Waals surface area contributed by atoms with E-state index in [1.54, 1.807) is 0 Å². The van der Waals surface area contributed by atoms with Crippen molar-refractivity contribution < 1.29 is 23.8 Å². The number of rotatable bonds is 12. The summed E-state index contributed by atoms with van der Waals surface area (Å²) in [5.41, 5.74) is 0.0809. The maximum atomic E-state index is 13.6. The number of Topliss-reactive ketones (excluding diaryl/α,β-unsaturated/α-hetero) is 1. The predicted octanol–water partition coefficient (Wildman–Crippen LogP) is 6.81. The Kier molecular flexibility index (Phi) is 11.2. The van der Waals surface area contributed by atoms with Crippen LogP contribution in [0, 0.1) is 11.3 Å². The summed E-state index contributed by atoms with van der Waals surface area (Å²) >= 11 is 0. The molecule has 0 radical (unpaired) electrons. The molecule has 2 aromatic carbocycles. The first-order valence-corrected chi connectivity index (χ1v) is 17.4. The van der Waals surface area contributed by atoms with Crippen molar-refractivity contribution in [3.63, 3.8) is 0 Å². The van der Waals surface area contributed by atoms with Gasteiger partial charge in [-0.1, -0.05) is 108 Å². The maximum absolute atomic E-state index is 13.6. The largest absolute Gasteiger partial charge is 0.405 e. The van der Waals surface area contributed by atoms with E-state index in [4.69, 9.17) is 13.9 Å². The number of allylic oxidation sites excluding steroid dienone is 1. The highest BCUT2D eigenvalue weighted by Gasteiger charge is 2.51. The molecule has 1 saturated heterocycles. The van der Waals surface area contributed by atoms with Crippen LogP contribution in [-0.2, 0) is 18.7 Å². The molecule has 0 amide bonds. The third kappa shape index (κ3) is 7.70. The first-order valence-electron chi connectivity index (χ1n) is 15.5. The minimum Gasteiger partial charge on any atom is -0.405 e. The van der Waals surface area contributed by atoms with Crippen LogP contribution < -0.4 is 10.4 Å². The van der Waals surface area contributed by atoms with Gasteiger partial charge in [-0.05, 0) is 67.9 Å². The molecular weight excluding hydrogens is 540 g/mol. The Morgan fingerprint density at radius 1 is 1.02 bits per heavy atom. The highest BCUT2D eigenvalue weighted by Crippen LogP contribution is 2.39. The van der Waals surface area contributed by atoms with E-state index in [0.717, 1.165) is 18.4 Å². The number of carbonyl (C=O) groups excluding carboxylic acids is 1. The van der Waals surface area contributed by atoms with Gasteiger partial charge in [-0.3, -0.25) is 4.79 Å². The van der Waals surface area contributed by atoms with Gasteiger partial charge in [0.15, 0.2) is 5.79 Å². The van der Waals surface area contributed by atoms with Crippen molar-refractivity contribution in [1.82, 2.24) is 0 Å². The molecule has 0 aromatic heterocycles. The van der Waals surface area contributed by atoms with Gasteiger partial charge in [0, 0.05) is 12.0 Å². The molecule has 0 spiro atoms. The van der Waals surface area contributed by atoms with E-state index < -0.39 is 31.5 Å². The molecule has 42 heavy (non-hydrogen) atoms. The molecule has 1 aliphatic heterocycles. The van der Waals surface area contributed by atoms with E-state index in [9.17, 15) is 9.90 Å². The molecule has 1 N–H and O–H groups in total. The van der Waals surface area contributed by atoms with Gasteiger partial charge in [0.25, 0.3) is 8.32 Å². The Balaban J connectivity index is 1.72. The first-order chi connectivity index (χ1) is 19.5. The summed E-state index contributed by atoms with van der Waals surface area (Å²) in [6, 6.07) is 21.4. The van der Waals surface area contributed by atoms with Gasteiger partial charge in [-0.15, -0.1) is 0 Å². The highest BCUT2D eigenvalue weighted by molar-refractivity contribution is 6.99. The number of ether oxygens (including phenoxy) is 2. The van der Waals surface area contributed by atoms with Crippen molar-refractivity contribution in [2.24, 2.45) is 11.3 Å². The quantitative estimate of drug-likeness (QED) is 0.216. The second-order valence-corrected chi connectivity index (χ2v) is 18.3. The summed E-state index contributed by atoms with van der Waals surface area (Å²) in [4.78, 5) is 13.6. The van der Waals surface area contributed by atoms with Gasteiger partial charge in [-0.2, -0.15) is 0 Å². The fourth-order valence-electron chi connectivity index (χ4n) is 6.36. The highest BCUT2D eigenvalue weighted by atomic mass is 28.4. The van der Waals surface area contributed by atoms with Crippen molar-refractivity contribution in [2.75, 3.05) is 6.61 Å². The molecule has 0 aliphatic carbocycles. The van der Waals surface area contributed by atoms with Crippen LogP contribution in [0.25, 0.3) is 0 Å². The van der Waals surface area contributed by atoms with Crippen LogP contribution in [0.15, 0.2) is 72.3 Å². The van der Waals surface area contributed by atoms with E-state index in [2.05, 4.69) is 94.4 Å². The minimum absolute atomic E-state index is 0.00418.